The van der Waals surface area contributed by atoms with Crippen molar-refractivity contribution in [2.45, 2.75) is 31.8 Å². The fourth-order valence-corrected chi connectivity index (χ4v) is 3.77. The lowest BCUT2D eigenvalue weighted by molar-refractivity contribution is -0.0452. The van der Waals surface area contributed by atoms with Crippen LogP contribution in [0.3, 0.4) is 0 Å². The molecule has 2 saturated heterocycles. The van der Waals surface area contributed by atoms with E-state index in [-0.39, 0.29) is 6.10 Å². The van der Waals surface area contributed by atoms with Gasteiger partial charge in [-0.3, -0.25) is 0 Å². The van der Waals surface area contributed by atoms with E-state index in [1.165, 1.54) is 32.4 Å². The van der Waals surface area contributed by atoms with Gasteiger partial charge in [-0.2, -0.15) is 0 Å². The van der Waals surface area contributed by atoms with E-state index >= 15 is 0 Å². The summed E-state index contributed by atoms with van der Waals surface area (Å²) in [6, 6.07) is 0. The van der Waals surface area contributed by atoms with Crippen molar-refractivity contribution in [1.29, 1.82) is 0 Å². The number of fused-ring (bicyclic) bond motifs is 1. The Morgan fingerprint density at radius 3 is 2.56 bits per heavy atom. The first-order valence-corrected chi connectivity index (χ1v) is 6.81. The SMILES string of the molecule is OC1CCOCC1CN1CC2CCCC2C1. The van der Waals surface area contributed by atoms with Crippen molar-refractivity contribution in [2.24, 2.45) is 17.8 Å². The summed E-state index contributed by atoms with van der Waals surface area (Å²) in [6.07, 6.45) is 5.01. The number of hydrogen-bond donors (Lipinski definition) is 1. The highest BCUT2D eigenvalue weighted by Crippen LogP contribution is 2.38. The highest BCUT2D eigenvalue weighted by molar-refractivity contribution is 4.90. The molecule has 92 valence electrons. The predicted molar refractivity (Wildman–Crippen MR) is 62.2 cm³/mol. The fraction of sp³-hybridized carbons (Fsp3) is 1.00. The van der Waals surface area contributed by atoms with Gasteiger partial charge in [0.05, 0.1) is 12.7 Å². The van der Waals surface area contributed by atoms with Gasteiger partial charge in [-0.1, -0.05) is 6.42 Å². The summed E-state index contributed by atoms with van der Waals surface area (Å²) in [7, 11) is 0. The lowest BCUT2D eigenvalue weighted by atomic mass is 9.98. The van der Waals surface area contributed by atoms with Crippen LogP contribution < -0.4 is 0 Å². The van der Waals surface area contributed by atoms with Crippen molar-refractivity contribution >= 4 is 0 Å². The summed E-state index contributed by atoms with van der Waals surface area (Å²) in [4.78, 5) is 2.57. The van der Waals surface area contributed by atoms with Crippen LogP contribution >= 0.6 is 0 Å². The molecular weight excluding hydrogens is 202 g/mol. The van der Waals surface area contributed by atoms with Gasteiger partial charge in [-0.05, 0) is 31.1 Å². The van der Waals surface area contributed by atoms with Gasteiger partial charge in [0.15, 0.2) is 0 Å². The summed E-state index contributed by atoms with van der Waals surface area (Å²) in [6.45, 7) is 5.09. The second-order valence-electron chi connectivity index (χ2n) is 5.86. The van der Waals surface area contributed by atoms with Crippen LogP contribution in [0.25, 0.3) is 0 Å². The maximum absolute atomic E-state index is 9.93. The third-order valence-corrected chi connectivity index (χ3v) is 4.73. The first-order chi connectivity index (χ1) is 7.83. The molecule has 1 saturated carbocycles. The van der Waals surface area contributed by atoms with Crippen LogP contribution in [0.1, 0.15) is 25.7 Å². The summed E-state index contributed by atoms with van der Waals surface area (Å²) >= 11 is 0. The van der Waals surface area contributed by atoms with Gasteiger partial charge >= 0.3 is 0 Å². The lowest BCUT2D eigenvalue weighted by Gasteiger charge is -2.31. The molecule has 3 fully saturated rings. The monoisotopic (exact) mass is 225 g/mol. The second kappa shape index (κ2) is 4.63. The molecule has 1 N–H and O–H groups in total. The van der Waals surface area contributed by atoms with E-state index in [9.17, 15) is 5.11 Å². The van der Waals surface area contributed by atoms with Gasteiger partial charge in [0.2, 0.25) is 0 Å². The Bertz CT molecular complexity index is 234. The highest BCUT2D eigenvalue weighted by Gasteiger charge is 2.37. The molecule has 3 aliphatic rings. The van der Waals surface area contributed by atoms with E-state index in [1.54, 1.807) is 0 Å². The normalized spacial score (nSPS) is 44.8. The zero-order valence-corrected chi connectivity index (χ0v) is 9.98. The summed E-state index contributed by atoms with van der Waals surface area (Å²) in [5.41, 5.74) is 0. The average Bonchev–Trinajstić information content (AvgIpc) is 2.81. The first-order valence-electron chi connectivity index (χ1n) is 6.81. The van der Waals surface area contributed by atoms with Crippen LogP contribution in [-0.2, 0) is 4.74 Å². The Kier molecular flexibility index (Phi) is 3.18. The Balaban J connectivity index is 1.51. The molecule has 0 aromatic carbocycles. The molecule has 4 unspecified atom stereocenters. The maximum atomic E-state index is 9.93. The minimum absolute atomic E-state index is 0.130. The van der Waals surface area contributed by atoms with Crippen molar-refractivity contribution < 1.29 is 9.84 Å². The van der Waals surface area contributed by atoms with Crippen molar-refractivity contribution in [1.82, 2.24) is 4.90 Å². The largest absolute Gasteiger partial charge is 0.393 e. The first kappa shape index (κ1) is 11.0. The van der Waals surface area contributed by atoms with E-state index < -0.39 is 0 Å². The molecule has 0 spiro atoms. The van der Waals surface area contributed by atoms with Gasteiger partial charge in [-0.15, -0.1) is 0 Å². The van der Waals surface area contributed by atoms with E-state index in [1.807, 2.05) is 0 Å². The van der Waals surface area contributed by atoms with Crippen LogP contribution in [0.4, 0.5) is 0 Å². The van der Waals surface area contributed by atoms with E-state index in [0.717, 1.165) is 38.0 Å². The topological polar surface area (TPSA) is 32.7 Å². The van der Waals surface area contributed by atoms with Crippen molar-refractivity contribution in [2.75, 3.05) is 32.8 Å². The second-order valence-corrected chi connectivity index (χ2v) is 5.86. The third kappa shape index (κ3) is 2.13. The molecule has 2 aliphatic heterocycles. The minimum Gasteiger partial charge on any atom is -0.393 e. The summed E-state index contributed by atoms with van der Waals surface area (Å²) in [5, 5.41) is 9.93. The van der Waals surface area contributed by atoms with E-state index in [4.69, 9.17) is 4.74 Å². The molecule has 3 heteroatoms. The molecule has 0 aromatic heterocycles. The molecule has 0 bridgehead atoms. The van der Waals surface area contributed by atoms with E-state index in [0.29, 0.717) is 5.92 Å². The van der Waals surface area contributed by atoms with Crippen molar-refractivity contribution in [3.63, 3.8) is 0 Å². The Morgan fingerprint density at radius 1 is 1.12 bits per heavy atom. The van der Waals surface area contributed by atoms with Gasteiger partial charge in [0, 0.05) is 32.2 Å². The molecule has 0 amide bonds. The van der Waals surface area contributed by atoms with Gasteiger partial charge < -0.3 is 14.7 Å². The van der Waals surface area contributed by atoms with Crippen molar-refractivity contribution in [3.8, 4) is 0 Å². The number of aliphatic hydroxyl groups is 1. The number of likely N-dealkylation sites (tertiary alicyclic amines) is 1. The zero-order valence-electron chi connectivity index (χ0n) is 9.98. The third-order valence-electron chi connectivity index (χ3n) is 4.73. The molecule has 1 aliphatic carbocycles. The number of nitrogens with zero attached hydrogens (tertiary/aromatic N) is 1. The molecule has 16 heavy (non-hydrogen) atoms. The molecular formula is C13H23NO2. The zero-order chi connectivity index (χ0) is 11.0. The molecule has 2 heterocycles. The summed E-state index contributed by atoms with van der Waals surface area (Å²) in [5.74, 6) is 2.27. The summed E-state index contributed by atoms with van der Waals surface area (Å²) < 4.78 is 5.47. The highest BCUT2D eigenvalue weighted by atomic mass is 16.5. The quantitative estimate of drug-likeness (QED) is 0.764. The lowest BCUT2D eigenvalue weighted by Crippen LogP contribution is -2.40. The molecule has 0 aromatic rings. The predicted octanol–water partition coefficient (Wildman–Crippen LogP) is 1.12. The van der Waals surface area contributed by atoms with Gasteiger partial charge in [0.1, 0.15) is 0 Å². The Labute approximate surface area is 97.8 Å². The van der Waals surface area contributed by atoms with E-state index in [2.05, 4.69) is 4.90 Å². The smallest absolute Gasteiger partial charge is 0.0624 e. The van der Waals surface area contributed by atoms with Crippen LogP contribution in [0.2, 0.25) is 0 Å². The standard InChI is InChI=1S/C13H23NO2/c15-13-4-5-16-9-12(13)8-14-6-10-2-1-3-11(10)7-14/h10-13,15H,1-9H2. The fourth-order valence-electron chi connectivity index (χ4n) is 3.77. The van der Waals surface area contributed by atoms with Crippen LogP contribution in [0.15, 0.2) is 0 Å². The number of rotatable bonds is 2. The maximum Gasteiger partial charge on any atom is 0.0624 e. The van der Waals surface area contributed by atoms with Crippen LogP contribution in [0.5, 0.6) is 0 Å². The Morgan fingerprint density at radius 2 is 1.88 bits per heavy atom. The van der Waals surface area contributed by atoms with Crippen LogP contribution in [0, 0.1) is 17.8 Å². The van der Waals surface area contributed by atoms with Crippen molar-refractivity contribution in [3.05, 3.63) is 0 Å². The minimum atomic E-state index is -0.130. The molecule has 3 nitrogen and oxygen atoms in total. The molecule has 0 radical (unpaired) electrons. The van der Waals surface area contributed by atoms with Crippen LogP contribution in [-0.4, -0.2) is 49.0 Å². The average molecular weight is 225 g/mol. The van der Waals surface area contributed by atoms with Gasteiger partial charge in [-0.25, -0.2) is 0 Å². The number of ether oxygens (including phenoxy) is 1. The molecule has 4 atom stereocenters. The van der Waals surface area contributed by atoms with Gasteiger partial charge in [0.25, 0.3) is 0 Å². The number of aliphatic hydroxyl groups excluding tert-OH is 1. The number of hydrogen-bond acceptors (Lipinski definition) is 3. The Hall–Kier alpha value is -0.120. The molecule has 3 rings (SSSR count).